The minimum atomic E-state index is 0.0733. The number of aryl methyl sites for hydroxylation is 3. The zero-order chi connectivity index (χ0) is 13.1. The fourth-order valence-electron chi connectivity index (χ4n) is 2.06. The van der Waals surface area contributed by atoms with Crippen LogP contribution in [0.3, 0.4) is 0 Å². The molecule has 5 heteroatoms. The van der Waals surface area contributed by atoms with Crippen LogP contribution in [-0.4, -0.2) is 25.1 Å². The van der Waals surface area contributed by atoms with Crippen molar-refractivity contribution in [2.45, 2.75) is 33.2 Å². The summed E-state index contributed by atoms with van der Waals surface area (Å²) in [7, 11) is 1.82. The van der Waals surface area contributed by atoms with Crippen molar-refractivity contribution in [1.29, 1.82) is 0 Å². The van der Waals surface area contributed by atoms with E-state index >= 15 is 0 Å². The molecule has 0 unspecified atom stereocenters. The number of aromatic nitrogens is 4. The normalized spacial score (nSPS) is 10.8. The predicted molar refractivity (Wildman–Crippen MR) is 68.5 cm³/mol. The van der Waals surface area contributed by atoms with Crippen molar-refractivity contribution >= 4 is 5.78 Å². The van der Waals surface area contributed by atoms with Crippen LogP contribution in [0.2, 0.25) is 0 Å². The number of hydrogen-bond acceptors (Lipinski definition) is 3. The van der Waals surface area contributed by atoms with Gasteiger partial charge in [-0.2, -0.15) is 5.10 Å². The summed E-state index contributed by atoms with van der Waals surface area (Å²) in [4.78, 5) is 16.4. The molecule has 18 heavy (non-hydrogen) atoms. The Labute approximate surface area is 106 Å². The van der Waals surface area contributed by atoms with Gasteiger partial charge in [0.15, 0.2) is 5.78 Å². The van der Waals surface area contributed by atoms with Gasteiger partial charge >= 0.3 is 0 Å². The molecule has 2 aromatic heterocycles. The molecule has 0 saturated heterocycles. The molecule has 2 aromatic rings. The molecule has 0 atom stereocenters. The summed E-state index contributed by atoms with van der Waals surface area (Å²) in [6.45, 7) is 4.86. The highest BCUT2D eigenvalue weighted by Gasteiger charge is 2.15. The Kier molecular flexibility index (Phi) is 3.60. The lowest BCUT2D eigenvalue weighted by atomic mass is 10.1. The van der Waals surface area contributed by atoms with Crippen LogP contribution >= 0.6 is 0 Å². The van der Waals surface area contributed by atoms with Crippen molar-refractivity contribution < 1.29 is 4.79 Å². The third kappa shape index (κ3) is 2.50. The quantitative estimate of drug-likeness (QED) is 0.755. The van der Waals surface area contributed by atoms with Gasteiger partial charge in [0.2, 0.25) is 0 Å². The summed E-state index contributed by atoms with van der Waals surface area (Å²) in [5, 5.41) is 4.19. The summed E-state index contributed by atoms with van der Waals surface area (Å²) in [5.74, 6) is 0.897. The second-order valence-electron chi connectivity index (χ2n) is 4.44. The van der Waals surface area contributed by atoms with E-state index < -0.39 is 0 Å². The summed E-state index contributed by atoms with van der Waals surface area (Å²) in [6, 6.07) is 0. The smallest absolute Gasteiger partial charge is 0.173 e. The highest BCUT2D eigenvalue weighted by atomic mass is 16.1. The van der Waals surface area contributed by atoms with E-state index in [1.165, 1.54) is 0 Å². The molecule has 96 valence electrons. The highest BCUT2D eigenvalue weighted by Crippen LogP contribution is 2.10. The number of imidazole rings is 1. The Morgan fingerprint density at radius 2 is 2.22 bits per heavy atom. The molecule has 0 saturated carbocycles. The maximum Gasteiger partial charge on any atom is 0.173 e. The van der Waals surface area contributed by atoms with E-state index in [1.54, 1.807) is 17.1 Å². The first-order valence-electron chi connectivity index (χ1n) is 6.15. The molecule has 0 N–H and O–H groups in total. The Morgan fingerprint density at radius 1 is 1.44 bits per heavy atom. The summed E-state index contributed by atoms with van der Waals surface area (Å²) < 4.78 is 3.70. The second kappa shape index (κ2) is 5.16. The summed E-state index contributed by atoms with van der Waals surface area (Å²) >= 11 is 0. The van der Waals surface area contributed by atoms with Crippen molar-refractivity contribution in [3.63, 3.8) is 0 Å². The van der Waals surface area contributed by atoms with Gasteiger partial charge in [0.25, 0.3) is 0 Å². The number of carbonyl (C=O) groups is 1. The molecule has 0 aliphatic rings. The van der Waals surface area contributed by atoms with Gasteiger partial charge < -0.3 is 4.57 Å². The predicted octanol–water partition coefficient (Wildman–Crippen LogP) is 1.76. The molecule has 0 amide bonds. The maximum absolute atomic E-state index is 12.2. The minimum Gasteiger partial charge on any atom is -0.335 e. The monoisotopic (exact) mass is 246 g/mol. The van der Waals surface area contributed by atoms with Crippen molar-refractivity contribution in [2.75, 3.05) is 0 Å². The van der Waals surface area contributed by atoms with Crippen LogP contribution in [-0.2, 0) is 20.0 Å². The molecule has 0 radical (unpaired) electrons. The molecule has 0 aromatic carbocycles. The number of ketones is 1. The number of rotatable bonds is 5. The van der Waals surface area contributed by atoms with E-state index in [0.717, 1.165) is 24.5 Å². The van der Waals surface area contributed by atoms with Crippen molar-refractivity contribution in [3.8, 4) is 0 Å². The van der Waals surface area contributed by atoms with Crippen LogP contribution in [0.25, 0.3) is 0 Å². The Balaban J connectivity index is 2.16. The van der Waals surface area contributed by atoms with Crippen LogP contribution < -0.4 is 0 Å². The third-order valence-corrected chi connectivity index (χ3v) is 2.90. The molecule has 0 aliphatic carbocycles. The average Bonchev–Trinajstić information content (AvgIpc) is 2.87. The Hall–Kier alpha value is -1.91. The van der Waals surface area contributed by atoms with Crippen LogP contribution in [0.5, 0.6) is 0 Å². The van der Waals surface area contributed by atoms with Gasteiger partial charge in [-0.1, -0.05) is 6.92 Å². The van der Waals surface area contributed by atoms with E-state index in [2.05, 4.69) is 17.0 Å². The van der Waals surface area contributed by atoms with Crippen molar-refractivity contribution in [3.05, 3.63) is 35.7 Å². The van der Waals surface area contributed by atoms with Gasteiger partial charge in [0, 0.05) is 32.2 Å². The van der Waals surface area contributed by atoms with Gasteiger partial charge in [-0.3, -0.25) is 9.48 Å². The minimum absolute atomic E-state index is 0.0733. The van der Waals surface area contributed by atoms with Gasteiger partial charge in [-0.25, -0.2) is 4.98 Å². The highest BCUT2D eigenvalue weighted by molar-refractivity contribution is 5.97. The summed E-state index contributed by atoms with van der Waals surface area (Å²) in [6.07, 6.45) is 6.80. The molecular weight excluding hydrogens is 228 g/mol. The molecule has 5 nitrogen and oxygen atoms in total. The SMILES string of the molecule is CCCn1ccnc1CC(=O)c1cn(C)nc1C. The first-order valence-corrected chi connectivity index (χ1v) is 6.15. The lowest BCUT2D eigenvalue weighted by molar-refractivity contribution is 0.0989. The van der Waals surface area contributed by atoms with Crippen molar-refractivity contribution in [2.24, 2.45) is 7.05 Å². The largest absolute Gasteiger partial charge is 0.335 e. The standard InChI is InChI=1S/C13H18N4O/c1-4-6-17-7-5-14-13(17)8-12(18)11-9-16(3)15-10(11)2/h5,7,9H,4,6,8H2,1-3H3. The second-order valence-corrected chi connectivity index (χ2v) is 4.44. The summed E-state index contributed by atoms with van der Waals surface area (Å²) in [5.41, 5.74) is 1.46. The fourth-order valence-corrected chi connectivity index (χ4v) is 2.06. The van der Waals surface area contributed by atoms with E-state index in [1.807, 2.05) is 24.7 Å². The van der Waals surface area contributed by atoms with E-state index in [-0.39, 0.29) is 5.78 Å². The van der Waals surface area contributed by atoms with Gasteiger partial charge in [0.05, 0.1) is 17.7 Å². The first-order chi connectivity index (χ1) is 8.61. The molecule has 0 spiro atoms. The zero-order valence-electron chi connectivity index (χ0n) is 11.1. The van der Waals surface area contributed by atoms with E-state index in [9.17, 15) is 4.79 Å². The molecule has 0 bridgehead atoms. The Bertz CT molecular complexity index is 553. The molecular formula is C13H18N4O. The number of carbonyl (C=O) groups excluding carboxylic acids is 1. The van der Waals surface area contributed by atoms with Crippen LogP contribution in [0.4, 0.5) is 0 Å². The first kappa shape index (κ1) is 12.5. The molecule has 0 aliphatic heterocycles. The average molecular weight is 246 g/mol. The topological polar surface area (TPSA) is 52.7 Å². The fraction of sp³-hybridized carbons (Fsp3) is 0.462. The van der Waals surface area contributed by atoms with Crippen LogP contribution in [0.15, 0.2) is 18.6 Å². The molecule has 2 rings (SSSR count). The van der Waals surface area contributed by atoms with Crippen LogP contribution in [0.1, 0.15) is 35.2 Å². The third-order valence-electron chi connectivity index (χ3n) is 2.90. The number of Topliss-reactive ketones (excluding diaryl/α,β-unsaturated/α-hetero) is 1. The van der Waals surface area contributed by atoms with E-state index in [4.69, 9.17) is 0 Å². The van der Waals surface area contributed by atoms with E-state index in [0.29, 0.717) is 12.0 Å². The number of hydrogen-bond donors (Lipinski definition) is 0. The zero-order valence-corrected chi connectivity index (χ0v) is 11.1. The lowest BCUT2D eigenvalue weighted by Crippen LogP contribution is -2.10. The molecule has 2 heterocycles. The van der Waals surface area contributed by atoms with Gasteiger partial charge in [-0.15, -0.1) is 0 Å². The number of nitrogens with zero attached hydrogens (tertiary/aromatic N) is 4. The lowest BCUT2D eigenvalue weighted by Gasteiger charge is -2.05. The van der Waals surface area contributed by atoms with Crippen LogP contribution in [0, 0.1) is 6.92 Å². The molecule has 0 fully saturated rings. The van der Waals surface area contributed by atoms with Gasteiger partial charge in [-0.05, 0) is 13.3 Å². The van der Waals surface area contributed by atoms with Gasteiger partial charge in [0.1, 0.15) is 5.82 Å². The maximum atomic E-state index is 12.2. The van der Waals surface area contributed by atoms with Crippen molar-refractivity contribution in [1.82, 2.24) is 19.3 Å². The Morgan fingerprint density at radius 3 is 2.83 bits per heavy atom.